The summed E-state index contributed by atoms with van der Waals surface area (Å²) in [5, 5.41) is 12.4. The minimum absolute atomic E-state index is 0.0269. The van der Waals surface area contributed by atoms with Crippen molar-refractivity contribution in [3.63, 3.8) is 0 Å². The van der Waals surface area contributed by atoms with Gasteiger partial charge in [0, 0.05) is 20.6 Å². The third-order valence-electron chi connectivity index (χ3n) is 4.07. The Hall–Kier alpha value is -0.900. The molecule has 0 heterocycles. The first kappa shape index (κ1) is 25.1. The highest BCUT2D eigenvalue weighted by Gasteiger charge is 2.19. The number of hydrogen-bond donors (Lipinski definition) is 1. The quantitative estimate of drug-likeness (QED) is 0.203. The second-order valence-electron chi connectivity index (χ2n) is 6.49. The van der Waals surface area contributed by atoms with Crippen LogP contribution in [-0.2, 0) is 4.79 Å². The van der Waals surface area contributed by atoms with Crippen LogP contribution in [0.3, 0.4) is 0 Å². The largest absolute Gasteiger partial charge is 0.317 e. The predicted molar refractivity (Wildman–Crippen MR) is 128 cm³/mol. The van der Waals surface area contributed by atoms with Crippen LogP contribution >= 0.6 is 56.8 Å². The molecule has 28 heavy (non-hydrogen) atoms. The van der Waals surface area contributed by atoms with Crippen LogP contribution in [0.15, 0.2) is 23.5 Å². The summed E-state index contributed by atoms with van der Waals surface area (Å²) < 4.78 is 1.61. The number of benzene rings is 1. The second-order valence-corrected chi connectivity index (χ2v) is 9.27. The Bertz CT molecular complexity index is 819. The summed E-state index contributed by atoms with van der Waals surface area (Å²) in [6.45, 7) is 2.55. The Balaban J connectivity index is 2.89. The van der Waals surface area contributed by atoms with Crippen LogP contribution in [0.2, 0.25) is 5.02 Å². The number of nitrogens with zero attached hydrogens (tertiary/aromatic N) is 3. The van der Waals surface area contributed by atoms with Gasteiger partial charge in [0.1, 0.15) is 11.8 Å². The van der Waals surface area contributed by atoms with E-state index in [9.17, 15) is 14.9 Å². The lowest BCUT2D eigenvalue weighted by Gasteiger charge is -2.20. The molecule has 1 N–H and O–H groups in total. The number of hydrogen-bond acceptors (Lipinski definition) is 4. The Morgan fingerprint density at radius 3 is 2.43 bits per heavy atom. The number of unbranched alkanes of at least 4 members (excludes halogenated alkanes) is 1. The van der Waals surface area contributed by atoms with Crippen molar-refractivity contribution in [1.29, 1.82) is 5.26 Å². The van der Waals surface area contributed by atoms with Gasteiger partial charge in [-0.25, -0.2) is 0 Å². The molecule has 1 aromatic carbocycles. The van der Waals surface area contributed by atoms with Crippen molar-refractivity contribution in [3.05, 3.63) is 41.3 Å². The van der Waals surface area contributed by atoms with Gasteiger partial charge in [-0.15, -0.1) is 0 Å². The Labute approximate surface area is 198 Å². The molecule has 0 saturated heterocycles. The Morgan fingerprint density at radius 2 is 1.86 bits per heavy atom. The first-order chi connectivity index (χ1) is 13.1. The molecule has 0 atom stereocenters. The predicted octanol–water partition coefficient (Wildman–Crippen LogP) is 4.22. The van der Waals surface area contributed by atoms with Crippen molar-refractivity contribution in [2.24, 2.45) is 0 Å². The van der Waals surface area contributed by atoms with Crippen LogP contribution in [0, 0.1) is 18.5 Å². The molecular formula is C19H23ClI2N4O2. The van der Waals surface area contributed by atoms with Crippen molar-refractivity contribution in [3.8, 4) is 6.07 Å². The number of halogens is 3. The highest BCUT2D eigenvalue weighted by atomic mass is 127. The molecule has 0 fully saturated rings. The van der Waals surface area contributed by atoms with E-state index in [1.54, 1.807) is 20.0 Å². The molecule has 152 valence electrons. The Morgan fingerprint density at radius 1 is 1.21 bits per heavy atom. The summed E-state index contributed by atoms with van der Waals surface area (Å²) in [6.07, 6.45) is 2.07. The first-order valence-corrected chi connectivity index (χ1v) is 11.1. The molecule has 0 spiro atoms. The normalized spacial score (nSPS) is 11.7. The Kier molecular flexibility index (Phi) is 10.7. The standard InChI is InChI=1S/C19H23ClI2N4O2/c1-12(26(4)17(27)7-5-6-8-25(2)3)16(11-23)24-19(28)14-9-13(21)10-15(22)18(14)20/h9-10H,5-8H2,1-4H3,(H,24,28)/b16-12+. The molecular weight excluding hydrogens is 605 g/mol. The fourth-order valence-electron chi connectivity index (χ4n) is 2.33. The summed E-state index contributed by atoms with van der Waals surface area (Å²) in [7, 11) is 5.59. The number of carbonyl (C=O) groups excluding carboxylic acids is 2. The second kappa shape index (κ2) is 11.9. The zero-order chi connectivity index (χ0) is 21.4. The van der Waals surface area contributed by atoms with Gasteiger partial charge in [-0.2, -0.15) is 5.26 Å². The van der Waals surface area contributed by atoms with Crippen LogP contribution in [0.5, 0.6) is 0 Å². The van der Waals surface area contributed by atoms with E-state index < -0.39 is 5.91 Å². The number of amides is 2. The van der Waals surface area contributed by atoms with Crippen molar-refractivity contribution in [2.75, 3.05) is 27.7 Å². The SMILES string of the molecule is C/C(=C(/C#N)NC(=O)c1cc(I)cc(I)c1Cl)N(C)C(=O)CCCCN(C)C. The van der Waals surface area contributed by atoms with Crippen LogP contribution in [-0.4, -0.2) is 49.3 Å². The number of allylic oxidation sites excluding steroid dienone is 2. The van der Waals surface area contributed by atoms with E-state index in [-0.39, 0.29) is 17.2 Å². The van der Waals surface area contributed by atoms with Gasteiger partial charge in [-0.3, -0.25) is 9.59 Å². The summed E-state index contributed by atoms with van der Waals surface area (Å²) in [5.41, 5.74) is 0.708. The average molecular weight is 629 g/mol. The van der Waals surface area contributed by atoms with E-state index in [1.807, 2.05) is 26.2 Å². The van der Waals surface area contributed by atoms with E-state index >= 15 is 0 Å². The highest BCUT2D eigenvalue weighted by Crippen LogP contribution is 2.26. The molecule has 0 bridgehead atoms. The molecule has 0 saturated carbocycles. The number of carbonyl (C=O) groups is 2. The van der Waals surface area contributed by atoms with Gasteiger partial charge in [0.05, 0.1) is 16.3 Å². The average Bonchev–Trinajstić information content (AvgIpc) is 2.64. The molecule has 2 amide bonds. The van der Waals surface area contributed by atoms with Gasteiger partial charge >= 0.3 is 0 Å². The van der Waals surface area contributed by atoms with Gasteiger partial charge in [0.15, 0.2) is 0 Å². The minimum atomic E-state index is -0.482. The van der Waals surface area contributed by atoms with Crippen molar-refractivity contribution >= 4 is 68.6 Å². The van der Waals surface area contributed by atoms with Crippen LogP contribution in [0.4, 0.5) is 0 Å². The maximum atomic E-state index is 12.6. The topological polar surface area (TPSA) is 76.4 Å². The van der Waals surface area contributed by atoms with Gasteiger partial charge in [-0.05, 0) is 97.7 Å². The van der Waals surface area contributed by atoms with E-state index in [4.69, 9.17) is 11.6 Å². The van der Waals surface area contributed by atoms with Crippen LogP contribution in [0.1, 0.15) is 36.5 Å². The van der Waals surface area contributed by atoms with Crippen molar-refractivity contribution in [2.45, 2.75) is 26.2 Å². The van der Waals surface area contributed by atoms with E-state index in [2.05, 4.69) is 55.4 Å². The van der Waals surface area contributed by atoms with Gasteiger partial charge < -0.3 is 15.1 Å². The summed E-state index contributed by atoms with van der Waals surface area (Å²) in [5.74, 6) is -0.579. The maximum Gasteiger partial charge on any atom is 0.257 e. The summed E-state index contributed by atoms with van der Waals surface area (Å²) >= 11 is 10.4. The molecule has 1 aromatic rings. The monoisotopic (exact) mass is 628 g/mol. The fraction of sp³-hybridized carbons (Fsp3) is 0.421. The van der Waals surface area contributed by atoms with E-state index in [0.29, 0.717) is 17.1 Å². The third-order valence-corrected chi connectivity index (χ3v) is 6.27. The zero-order valence-electron chi connectivity index (χ0n) is 16.3. The fourth-order valence-corrected chi connectivity index (χ4v) is 4.37. The van der Waals surface area contributed by atoms with Crippen LogP contribution < -0.4 is 5.32 Å². The lowest BCUT2D eigenvalue weighted by molar-refractivity contribution is -0.128. The summed E-state index contributed by atoms with van der Waals surface area (Å²) in [6, 6.07) is 5.48. The van der Waals surface area contributed by atoms with E-state index in [0.717, 1.165) is 26.5 Å². The zero-order valence-corrected chi connectivity index (χ0v) is 21.3. The smallest absolute Gasteiger partial charge is 0.257 e. The van der Waals surface area contributed by atoms with Crippen molar-refractivity contribution < 1.29 is 9.59 Å². The van der Waals surface area contributed by atoms with E-state index in [1.165, 1.54) is 4.90 Å². The summed E-state index contributed by atoms with van der Waals surface area (Å²) in [4.78, 5) is 28.5. The molecule has 0 aliphatic carbocycles. The molecule has 0 aliphatic rings. The lowest BCUT2D eigenvalue weighted by Crippen LogP contribution is -2.31. The maximum absolute atomic E-state index is 12.6. The van der Waals surface area contributed by atoms with Crippen LogP contribution in [0.25, 0.3) is 0 Å². The molecule has 6 nitrogen and oxygen atoms in total. The molecule has 0 aromatic heterocycles. The molecule has 0 unspecified atom stereocenters. The molecule has 9 heteroatoms. The molecule has 0 radical (unpaired) electrons. The highest BCUT2D eigenvalue weighted by molar-refractivity contribution is 14.1. The van der Waals surface area contributed by atoms with Gasteiger partial charge in [0.2, 0.25) is 5.91 Å². The first-order valence-electron chi connectivity index (χ1n) is 8.56. The van der Waals surface area contributed by atoms with Gasteiger partial charge in [0.25, 0.3) is 5.91 Å². The minimum Gasteiger partial charge on any atom is -0.317 e. The molecule has 0 aliphatic heterocycles. The number of nitrogens with one attached hydrogen (secondary N) is 1. The number of nitriles is 1. The number of rotatable bonds is 8. The van der Waals surface area contributed by atoms with Crippen molar-refractivity contribution in [1.82, 2.24) is 15.1 Å². The lowest BCUT2D eigenvalue weighted by atomic mass is 10.2. The molecule has 1 rings (SSSR count). The van der Waals surface area contributed by atoms with Gasteiger partial charge in [-0.1, -0.05) is 11.6 Å². The third kappa shape index (κ3) is 7.50.